The summed E-state index contributed by atoms with van der Waals surface area (Å²) in [6, 6.07) is 5.89. The van der Waals surface area contributed by atoms with E-state index in [4.69, 9.17) is 10.2 Å². The number of aliphatic hydroxyl groups excluding tert-OH is 2. The molecular formula is C12H10O4. The molecule has 0 saturated heterocycles. The maximum atomic E-state index is 11.3. The minimum atomic E-state index is -0.348. The van der Waals surface area contributed by atoms with Gasteiger partial charge in [0.2, 0.25) is 0 Å². The zero-order valence-electron chi connectivity index (χ0n) is 8.33. The van der Waals surface area contributed by atoms with Crippen LogP contribution in [0.15, 0.2) is 48.9 Å². The van der Waals surface area contributed by atoms with Gasteiger partial charge < -0.3 is 10.2 Å². The number of hydrogen-bond donors (Lipinski definition) is 2. The molecule has 0 heterocycles. The summed E-state index contributed by atoms with van der Waals surface area (Å²) in [5.41, 5.74) is 0.740. The third-order valence-corrected chi connectivity index (χ3v) is 1.91. The molecule has 0 aliphatic carbocycles. The number of hydrogen-bond acceptors (Lipinski definition) is 4. The van der Waals surface area contributed by atoms with Crippen molar-refractivity contribution in [1.29, 1.82) is 0 Å². The van der Waals surface area contributed by atoms with Crippen molar-refractivity contribution in [3.63, 3.8) is 0 Å². The highest BCUT2D eigenvalue weighted by Crippen LogP contribution is 2.07. The van der Waals surface area contributed by atoms with E-state index in [-0.39, 0.29) is 11.6 Å². The van der Waals surface area contributed by atoms with E-state index in [1.807, 2.05) is 0 Å². The number of carbonyl (C=O) groups is 2. The fraction of sp³-hybridized carbons (Fsp3) is 0. The van der Waals surface area contributed by atoms with Gasteiger partial charge in [0, 0.05) is 23.3 Å². The van der Waals surface area contributed by atoms with Crippen LogP contribution in [0, 0.1) is 0 Å². The van der Waals surface area contributed by atoms with Crippen LogP contribution < -0.4 is 0 Å². The van der Waals surface area contributed by atoms with Gasteiger partial charge in [-0.3, -0.25) is 9.59 Å². The lowest BCUT2D eigenvalue weighted by Crippen LogP contribution is -1.98. The summed E-state index contributed by atoms with van der Waals surface area (Å²) >= 11 is 0. The molecule has 0 aromatic heterocycles. The van der Waals surface area contributed by atoms with E-state index < -0.39 is 0 Å². The Morgan fingerprint density at radius 3 is 1.38 bits per heavy atom. The van der Waals surface area contributed by atoms with Gasteiger partial charge in [0.05, 0.1) is 12.5 Å². The van der Waals surface area contributed by atoms with E-state index in [1.54, 1.807) is 0 Å². The maximum Gasteiger partial charge on any atom is 0.188 e. The van der Waals surface area contributed by atoms with Gasteiger partial charge in [-0.1, -0.05) is 24.3 Å². The van der Waals surface area contributed by atoms with Crippen LogP contribution in [0.4, 0.5) is 0 Å². The molecule has 4 heteroatoms. The smallest absolute Gasteiger partial charge is 0.188 e. The van der Waals surface area contributed by atoms with Crippen LogP contribution in [0.1, 0.15) is 20.7 Å². The van der Waals surface area contributed by atoms with Gasteiger partial charge in [-0.05, 0) is 0 Å². The first-order chi connectivity index (χ1) is 7.69. The highest BCUT2D eigenvalue weighted by Gasteiger charge is 2.04. The Labute approximate surface area is 92.2 Å². The zero-order valence-corrected chi connectivity index (χ0v) is 8.33. The first kappa shape index (κ1) is 11.7. The van der Waals surface area contributed by atoms with Crippen LogP contribution in [0.2, 0.25) is 0 Å². The molecule has 0 atom stereocenters. The van der Waals surface area contributed by atoms with Gasteiger partial charge in [-0.25, -0.2) is 0 Å². The summed E-state index contributed by atoms with van der Waals surface area (Å²) in [6.07, 6.45) is 3.36. The topological polar surface area (TPSA) is 74.6 Å². The van der Waals surface area contributed by atoms with Crippen molar-refractivity contribution in [2.75, 3.05) is 0 Å². The number of benzene rings is 1. The molecule has 0 saturated carbocycles. The molecule has 1 aromatic carbocycles. The highest BCUT2D eigenvalue weighted by atomic mass is 16.2. The molecule has 0 unspecified atom stereocenters. The lowest BCUT2D eigenvalue weighted by atomic mass is 10.1. The second-order valence-corrected chi connectivity index (χ2v) is 2.94. The quantitative estimate of drug-likeness (QED) is 0.461. The lowest BCUT2D eigenvalue weighted by molar-refractivity contribution is 0.103. The van der Waals surface area contributed by atoms with Crippen LogP contribution in [0.3, 0.4) is 0 Å². The first-order valence-electron chi connectivity index (χ1n) is 4.49. The third kappa shape index (κ3) is 2.81. The standard InChI is InChI=1S/C12H10O4/c13-7-5-11(15)9-1-2-10(4-3-9)12(16)6-8-14/h1-8,13-14H. The van der Waals surface area contributed by atoms with Crippen LogP contribution in [-0.4, -0.2) is 21.8 Å². The summed E-state index contributed by atoms with van der Waals surface area (Å²) in [7, 11) is 0. The van der Waals surface area contributed by atoms with Crippen molar-refractivity contribution in [1.82, 2.24) is 0 Å². The highest BCUT2D eigenvalue weighted by molar-refractivity contribution is 6.07. The summed E-state index contributed by atoms with van der Waals surface area (Å²) in [4.78, 5) is 22.5. The van der Waals surface area contributed by atoms with Crippen molar-refractivity contribution in [2.45, 2.75) is 0 Å². The largest absolute Gasteiger partial charge is 0.515 e. The molecule has 0 spiro atoms. The molecule has 1 aromatic rings. The van der Waals surface area contributed by atoms with Crippen LogP contribution in [0.5, 0.6) is 0 Å². The minimum Gasteiger partial charge on any atom is -0.515 e. The zero-order chi connectivity index (χ0) is 12.0. The second-order valence-electron chi connectivity index (χ2n) is 2.94. The molecule has 0 amide bonds. The van der Waals surface area contributed by atoms with Crippen molar-refractivity contribution in [2.24, 2.45) is 0 Å². The third-order valence-electron chi connectivity index (χ3n) is 1.91. The summed E-state index contributed by atoms with van der Waals surface area (Å²) in [6.45, 7) is 0. The summed E-state index contributed by atoms with van der Waals surface area (Å²) < 4.78 is 0. The minimum absolute atomic E-state index is 0.348. The molecule has 0 aliphatic rings. The average Bonchev–Trinajstić information content (AvgIpc) is 2.30. The van der Waals surface area contributed by atoms with Crippen molar-refractivity contribution < 1.29 is 19.8 Å². The van der Waals surface area contributed by atoms with E-state index >= 15 is 0 Å². The van der Waals surface area contributed by atoms with Gasteiger partial charge in [0.15, 0.2) is 11.6 Å². The maximum absolute atomic E-state index is 11.3. The molecule has 0 radical (unpaired) electrons. The average molecular weight is 218 g/mol. The monoisotopic (exact) mass is 218 g/mol. The van der Waals surface area contributed by atoms with E-state index in [0.717, 1.165) is 12.2 Å². The van der Waals surface area contributed by atoms with E-state index in [9.17, 15) is 9.59 Å². The van der Waals surface area contributed by atoms with Crippen LogP contribution in [0.25, 0.3) is 0 Å². The predicted molar refractivity (Wildman–Crippen MR) is 58.6 cm³/mol. The lowest BCUT2D eigenvalue weighted by Gasteiger charge is -1.97. The molecule has 4 nitrogen and oxygen atoms in total. The van der Waals surface area contributed by atoms with E-state index in [0.29, 0.717) is 23.7 Å². The van der Waals surface area contributed by atoms with Gasteiger partial charge >= 0.3 is 0 Å². The molecule has 0 bridgehead atoms. The molecule has 82 valence electrons. The first-order valence-corrected chi connectivity index (χ1v) is 4.49. The molecular weight excluding hydrogens is 208 g/mol. The number of carbonyl (C=O) groups excluding carboxylic acids is 2. The van der Waals surface area contributed by atoms with Crippen molar-refractivity contribution in [3.8, 4) is 0 Å². The van der Waals surface area contributed by atoms with Gasteiger partial charge in [-0.15, -0.1) is 0 Å². The Morgan fingerprint density at radius 1 is 0.812 bits per heavy atom. The Hall–Kier alpha value is -2.36. The fourth-order valence-electron chi connectivity index (χ4n) is 1.13. The summed E-state index contributed by atoms with van der Waals surface area (Å²) in [5, 5.41) is 16.8. The number of aliphatic hydroxyl groups is 2. The molecule has 16 heavy (non-hydrogen) atoms. The Balaban J connectivity index is 2.91. The Morgan fingerprint density at radius 2 is 1.12 bits per heavy atom. The Kier molecular flexibility index (Phi) is 4.03. The molecule has 2 N–H and O–H groups in total. The normalized spacial score (nSPS) is 11.0. The SMILES string of the molecule is O=C(C=CO)c1ccc(C(=O)C=CO)cc1. The van der Waals surface area contributed by atoms with Crippen LogP contribution >= 0.6 is 0 Å². The molecule has 0 fully saturated rings. The Bertz CT molecular complexity index is 398. The second kappa shape index (κ2) is 5.50. The number of rotatable bonds is 4. The van der Waals surface area contributed by atoms with E-state index in [1.165, 1.54) is 24.3 Å². The molecule has 0 aliphatic heterocycles. The van der Waals surface area contributed by atoms with Gasteiger partial charge in [-0.2, -0.15) is 0 Å². The number of ketones is 2. The fourth-order valence-corrected chi connectivity index (χ4v) is 1.13. The van der Waals surface area contributed by atoms with Crippen molar-refractivity contribution in [3.05, 3.63) is 60.1 Å². The van der Waals surface area contributed by atoms with Gasteiger partial charge in [0.1, 0.15) is 0 Å². The van der Waals surface area contributed by atoms with Crippen LogP contribution in [-0.2, 0) is 0 Å². The number of allylic oxidation sites excluding steroid dienone is 2. The van der Waals surface area contributed by atoms with Crippen molar-refractivity contribution >= 4 is 11.6 Å². The molecule has 1 rings (SSSR count). The van der Waals surface area contributed by atoms with E-state index in [2.05, 4.69) is 0 Å². The van der Waals surface area contributed by atoms with Gasteiger partial charge in [0.25, 0.3) is 0 Å². The summed E-state index contributed by atoms with van der Waals surface area (Å²) in [5.74, 6) is -0.696. The predicted octanol–water partition coefficient (Wildman–Crippen LogP) is 2.20.